The number of amides is 1. The molecule has 0 heterocycles. The average molecular weight is 214 g/mol. The number of hydrogen-bond acceptors (Lipinski definition) is 3. The van der Waals surface area contributed by atoms with E-state index in [-0.39, 0.29) is 12.5 Å². The predicted molar refractivity (Wildman–Crippen MR) is 58.1 cm³/mol. The minimum Gasteiger partial charge on any atom is -0.333 e. The second-order valence-electron chi connectivity index (χ2n) is 2.86. The molecule has 0 aromatic heterocycles. The summed E-state index contributed by atoms with van der Waals surface area (Å²) in [5.74, 6) is 1.85. The van der Waals surface area contributed by atoms with Crippen LogP contribution < -0.4 is 5.32 Å². The molecule has 1 unspecified atom stereocenters. The van der Waals surface area contributed by atoms with Gasteiger partial charge in [-0.3, -0.25) is 4.79 Å². The highest BCUT2D eigenvalue weighted by atomic mass is 16.5. The number of nitriles is 1. The lowest BCUT2D eigenvalue weighted by molar-refractivity contribution is 0.0685. The Bertz CT molecular complexity index is 429. The summed E-state index contributed by atoms with van der Waals surface area (Å²) >= 11 is 0. The van der Waals surface area contributed by atoms with E-state index in [0.717, 1.165) is 0 Å². The maximum absolute atomic E-state index is 11.6. The first-order valence-electron chi connectivity index (χ1n) is 4.58. The van der Waals surface area contributed by atoms with Crippen LogP contribution >= 0.6 is 0 Å². The number of ether oxygens (including phenoxy) is 1. The van der Waals surface area contributed by atoms with Gasteiger partial charge in [0, 0.05) is 5.56 Å². The summed E-state index contributed by atoms with van der Waals surface area (Å²) in [6.07, 6.45) is 3.95. The number of nitrogens with one attached hydrogen (secondary N) is 1. The second kappa shape index (κ2) is 6.23. The molecule has 1 N–H and O–H groups in total. The Morgan fingerprint density at radius 2 is 2.19 bits per heavy atom. The van der Waals surface area contributed by atoms with Crippen LogP contribution in [0.25, 0.3) is 0 Å². The Morgan fingerprint density at radius 1 is 1.50 bits per heavy atom. The highest BCUT2D eigenvalue weighted by molar-refractivity contribution is 5.94. The van der Waals surface area contributed by atoms with Crippen LogP contribution in [0.15, 0.2) is 30.3 Å². The Balaban J connectivity index is 2.57. The molecule has 16 heavy (non-hydrogen) atoms. The molecule has 1 rings (SSSR count). The molecule has 0 radical (unpaired) electrons. The minimum absolute atomic E-state index is 0.0205. The minimum atomic E-state index is -1.02. The van der Waals surface area contributed by atoms with Gasteiger partial charge >= 0.3 is 0 Å². The molecule has 1 aromatic rings. The van der Waals surface area contributed by atoms with Crippen molar-refractivity contribution in [2.45, 2.75) is 6.23 Å². The molecule has 4 nitrogen and oxygen atoms in total. The molecule has 0 saturated carbocycles. The normalized spacial score (nSPS) is 10.9. The summed E-state index contributed by atoms with van der Waals surface area (Å²) in [5.41, 5.74) is 0.465. The highest BCUT2D eigenvalue weighted by Crippen LogP contribution is 1.99. The maximum Gasteiger partial charge on any atom is 0.254 e. The van der Waals surface area contributed by atoms with Crippen molar-refractivity contribution in [2.24, 2.45) is 0 Å². The lowest BCUT2D eigenvalue weighted by Gasteiger charge is -2.10. The fraction of sp³-hybridized carbons (Fsp3) is 0.167. The zero-order chi connectivity index (χ0) is 11.8. The Morgan fingerprint density at radius 3 is 2.75 bits per heavy atom. The molecular formula is C12H10N2O2. The van der Waals surface area contributed by atoms with Gasteiger partial charge in [0.05, 0.1) is 0 Å². The Labute approximate surface area is 93.8 Å². The third-order valence-corrected chi connectivity index (χ3v) is 1.75. The molecule has 0 aliphatic carbocycles. The monoisotopic (exact) mass is 214 g/mol. The first kappa shape index (κ1) is 11.8. The highest BCUT2D eigenvalue weighted by Gasteiger charge is 2.12. The Kier molecular flexibility index (Phi) is 4.59. The summed E-state index contributed by atoms with van der Waals surface area (Å²) in [5, 5.41) is 11.1. The molecule has 1 atom stereocenters. The van der Waals surface area contributed by atoms with Crippen molar-refractivity contribution in [3.63, 3.8) is 0 Å². The number of carbonyl (C=O) groups is 1. The summed E-state index contributed by atoms with van der Waals surface area (Å²) < 4.78 is 4.90. The maximum atomic E-state index is 11.6. The topological polar surface area (TPSA) is 62.1 Å². The van der Waals surface area contributed by atoms with Gasteiger partial charge in [0.25, 0.3) is 5.91 Å². The van der Waals surface area contributed by atoms with Crippen molar-refractivity contribution in [3.05, 3.63) is 35.9 Å². The number of benzene rings is 1. The summed E-state index contributed by atoms with van der Waals surface area (Å²) in [6, 6.07) is 10.3. The van der Waals surface area contributed by atoms with Crippen LogP contribution in [0.4, 0.5) is 0 Å². The van der Waals surface area contributed by atoms with Crippen LogP contribution in [0.3, 0.4) is 0 Å². The zero-order valence-electron chi connectivity index (χ0n) is 8.51. The Hall–Kier alpha value is -2.30. The first-order chi connectivity index (χ1) is 7.77. The third kappa shape index (κ3) is 3.45. The zero-order valence-corrected chi connectivity index (χ0v) is 8.51. The van der Waals surface area contributed by atoms with E-state index in [1.165, 1.54) is 0 Å². The van der Waals surface area contributed by atoms with E-state index in [4.69, 9.17) is 16.4 Å². The summed E-state index contributed by atoms with van der Waals surface area (Å²) in [6.45, 7) is -0.0205. The van der Waals surface area contributed by atoms with E-state index in [1.54, 1.807) is 36.4 Å². The lowest BCUT2D eigenvalue weighted by Crippen LogP contribution is -2.35. The van der Waals surface area contributed by atoms with Gasteiger partial charge in [-0.1, -0.05) is 24.1 Å². The van der Waals surface area contributed by atoms with Crippen LogP contribution in [0.5, 0.6) is 0 Å². The van der Waals surface area contributed by atoms with E-state index in [0.29, 0.717) is 5.56 Å². The van der Waals surface area contributed by atoms with Crippen molar-refractivity contribution in [3.8, 4) is 18.4 Å². The molecule has 0 fully saturated rings. The fourth-order valence-corrected chi connectivity index (χ4v) is 1.03. The van der Waals surface area contributed by atoms with Gasteiger partial charge in [0.1, 0.15) is 12.7 Å². The van der Waals surface area contributed by atoms with E-state index in [9.17, 15) is 4.79 Å². The van der Waals surface area contributed by atoms with E-state index in [1.807, 2.05) is 0 Å². The standard InChI is InChI=1S/C12H10N2O2/c1-2-8-16-11(9-13)14-12(15)10-6-4-3-5-7-10/h1,3-7,11H,8H2,(H,14,15). The van der Waals surface area contributed by atoms with Crippen LogP contribution in [-0.4, -0.2) is 18.7 Å². The van der Waals surface area contributed by atoms with Crippen LogP contribution in [0, 0.1) is 23.7 Å². The largest absolute Gasteiger partial charge is 0.333 e. The van der Waals surface area contributed by atoms with Crippen LogP contribution in [-0.2, 0) is 4.74 Å². The van der Waals surface area contributed by atoms with Crippen molar-refractivity contribution < 1.29 is 9.53 Å². The number of terminal acetylenes is 1. The predicted octanol–water partition coefficient (Wildman–Crippen LogP) is 0.916. The first-order valence-corrected chi connectivity index (χ1v) is 4.58. The molecule has 0 bridgehead atoms. The van der Waals surface area contributed by atoms with Crippen molar-refractivity contribution in [1.29, 1.82) is 5.26 Å². The van der Waals surface area contributed by atoms with Gasteiger partial charge in [0.15, 0.2) is 0 Å². The molecule has 0 aliphatic heterocycles. The van der Waals surface area contributed by atoms with Gasteiger partial charge in [-0.05, 0) is 12.1 Å². The average Bonchev–Trinajstić information content (AvgIpc) is 2.35. The van der Waals surface area contributed by atoms with Gasteiger partial charge < -0.3 is 10.1 Å². The molecule has 1 aromatic carbocycles. The smallest absolute Gasteiger partial charge is 0.254 e. The summed E-state index contributed by atoms with van der Waals surface area (Å²) in [4.78, 5) is 11.6. The van der Waals surface area contributed by atoms with E-state index < -0.39 is 6.23 Å². The van der Waals surface area contributed by atoms with E-state index in [2.05, 4.69) is 11.2 Å². The third-order valence-electron chi connectivity index (χ3n) is 1.75. The van der Waals surface area contributed by atoms with Gasteiger partial charge in [0.2, 0.25) is 6.23 Å². The molecular weight excluding hydrogens is 204 g/mol. The van der Waals surface area contributed by atoms with Crippen molar-refractivity contribution >= 4 is 5.91 Å². The van der Waals surface area contributed by atoms with Crippen molar-refractivity contribution in [1.82, 2.24) is 5.32 Å². The second-order valence-corrected chi connectivity index (χ2v) is 2.86. The number of carbonyl (C=O) groups excluding carboxylic acids is 1. The molecule has 0 spiro atoms. The fourth-order valence-electron chi connectivity index (χ4n) is 1.03. The SMILES string of the molecule is C#CCOC(C#N)NC(=O)c1ccccc1. The molecule has 0 saturated heterocycles. The van der Waals surface area contributed by atoms with E-state index >= 15 is 0 Å². The quantitative estimate of drug-likeness (QED) is 0.598. The van der Waals surface area contributed by atoms with Gasteiger partial charge in [-0.2, -0.15) is 5.26 Å². The molecule has 1 amide bonds. The molecule has 80 valence electrons. The number of hydrogen-bond donors (Lipinski definition) is 1. The van der Waals surface area contributed by atoms with Crippen molar-refractivity contribution in [2.75, 3.05) is 6.61 Å². The van der Waals surface area contributed by atoms with Crippen LogP contribution in [0.1, 0.15) is 10.4 Å². The van der Waals surface area contributed by atoms with Gasteiger partial charge in [-0.25, -0.2) is 0 Å². The van der Waals surface area contributed by atoms with Crippen LogP contribution in [0.2, 0.25) is 0 Å². The lowest BCUT2D eigenvalue weighted by atomic mass is 10.2. The number of rotatable bonds is 4. The molecule has 0 aliphatic rings. The number of nitrogens with zero attached hydrogens (tertiary/aromatic N) is 1. The summed E-state index contributed by atoms with van der Waals surface area (Å²) in [7, 11) is 0. The molecule has 4 heteroatoms. The van der Waals surface area contributed by atoms with Gasteiger partial charge in [-0.15, -0.1) is 6.42 Å².